The first-order valence-electron chi connectivity index (χ1n) is 6.31. The molecule has 0 amide bonds. The van der Waals surface area contributed by atoms with Crippen molar-refractivity contribution in [3.63, 3.8) is 0 Å². The van der Waals surface area contributed by atoms with Crippen LogP contribution in [0.25, 0.3) is 0 Å². The van der Waals surface area contributed by atoms with Gasteiger partial charge in [0.05, 0.1) is 14.2 Å². The van der Waals surface area contributed by atoms with Crippen molar-refractivity contribution >= 4 is 5.97 Å². The van der Waals surface area contributed by atoms with Crippen molar-refractivity contribution in [3.05, 3.63) is 53.6 Å². The zero-order valence-electron chi connectivity index (χ0n) is 11.8. The molecule has 0 saturated carbocycles. The van der Waals surface area contributed by atoms with Gasteiger partial charge in [-0.3, -0.25) is 0 Å². The van der Waals surface area contributed by atoms with Crippen molar-refractivity contribution in [2.75, 3.05) is 14.2 Å². The Morgan fingerprint density at radius 3 is 2.24 bits per heavy atom. The van der Waals surface area contributed by atoms with Crippen LogP contribution in [0.5, 0.6) is 17.2 Å². The summed E-state index contributed by atoms with van der Waals surface area (Å²) in [6, 6.07) is 12.1. The topological polar surface area (TPSA) is 65.0 Å². The van der Waals surface area contributed by atoms with E-state index in [-0.39, 0.29) is 5.56 Å². The quantitative estimate of drug-likeness (QED) is 0.885. The minimum atomic E-state index is -1.02. The van der Waals surface area contributed by atoms with Crippen LogP contribution in [-0.2, 0) is 6.61 Å². The van der Waals surface area contributed by atoms with Crippen LogP contribution in [-0.4, -0.2) is 25.3 Å². The van der Waals surface area contributed by atoms with Crippen LogP contribution in [0.1, 0.15) is 15.9 Å². The largest absolute Gasteiger partial charge is 0.497 e. The highest BCUT2D eigenvalue weighted by atomic mass is 16.5. The standard InChI is InChI=1S/C16H16O5/c1-19-12-4-6-13(7-5-12)21-10-11-3-8-14(16(17)18)15(9-11)20-2/h3-9H,10H2,1-2H3,(H,17,18). The molecule has 0 spiro atoms. The second-order valence-electron chi connectivity index (χ2n) is 4.30. The maximum atomic E-state index is 11.0. The second kappa shape index (κ2) is 6.65. The summed E-state index contributed by atoms with van der Waals surface area (Å²) in [4.78, 5) is 11.0. The fourth-order valence-electron chi connectivity index (χ4n) is 1.84. The number of carbonyl (C=O) groups is 1. The summed E-state index contributed by atoms with van der Waals surface area (Å²) in [5.41, 5.74) is 0.957. The maximum absolute atomic E-state index is 11.0. The van der Waals surface area contributed by atoms with Gasteiger partial charge in [-0.05, 0) is 42.0 Å². The smallest absolute Gasteiger partial charge is 0.339 e. The molecule has 2 aromatic rings. The number of rotatable bonds is 6. The summed E-state index contributed by atoms with van der Waals surface area (Å²) in [6.07, 6.45) is 0. The van der Waals surface area contributed by atoms with E-state index < -0.39 is 5.97 Å². The molecule has 110 valence electrons. The highest BCUT2D eigenvalue weighted by Gasteiger charge is 2.11. The Balaban J connectivity index is 2.07. The van der Waals surface area contributed by atoms with E-state index in [1.807, 2.05) is 24.3 Å². The first-order valence-corrected chi connectivity index (χ1v) is 6.31. The van der Waals surface area contributed by atoms with E-state index in [9.17, 15) is 4.79 Å². The van der Waals surface area contributed by atoms with E-state index in [1.165, 1.54) is 13.2 Å². The lowest BCUT2D eigenvalue weighted by Gasteiger charge is -2.10. The van der Waals surface area contributed by atoms with E-state index in [2.05, 4.69) is 0 Å². The van der Waals surface area contributed by atoms with Crippen molar-refractivity contribution in [2.45, 2.75) is 6.61 Å². The van der Waals surface area contributed by atoms with Crippen LogP contribution in [0.4, 0.5) is 0 Å². The van der Waals surface area contributed by atoms with Gasteiger partial charge in [-0.25, -0.2) is 4.79 Å². The Morgan fingerprint density at radius 1 is 1.00 bits per heavy atom. The molecular formula is C16H16O5. The summed E-state index contributed by atoms with van der Waals surface area (Å²) < 4.78 is 15.8. The zero-order chi connectivity index (χ0) is 15.2. The molecule has 0 heterocycles. The van der Waals surface area contributed by atoms with E-state index >= 15 is 0 Å². The lowest BCUT2D eigenvalue weighted by atomic mass is 10.1. The highest BCUT2D eigenvalue weighted by Crippen LogP contribution is 2.22. The third-order valence-electron chi connectivity index (χ3n) is 2.96. The second-order valence-corrected chi connectivity index (χ2v) is 4.30. The lowest BCUT2D eigenvalue weighted by molar-refractivity contribution is 0.0693. The van der Waals surface area contributed by atoms with Gasteiger partial charge in [-0.15, -0.1) is 0 Å². The Hall–Kier alpha value is -2.69. The molecule has 5 heteroatoms. The van der Waals surface area contributed by atoms with Gasteiger partial charge in [0, 0.05) is 0 Å². The summed E-state index contributed by atoms with van der Waals surface area (Å²) in [6.45, 7) is 0.322. The average Bonchev–Trinajstić information content (AvgIpc) is 2.52. The highest BCUT2D eigenvalue weighted by molar-refractivity contribution is 5.90. The summed E-state index contributed by atoms with van der Waals surface area (Å²) >= 11 is 0. The monoisotopic (exact) mass is 288 g/mol. The first-order chi connectivity index (χ1) is 10.1. The molecule has 1 N–H and O–H groups in total. The average molecular weight is 288 g/mol. The number of ether oxygens (including phenoxy) is 3. The molecule has 5 nitrogen and oxygen atoms in total. The molecule has 0 aliphatic heterocycles. The van der Waals surface area contributed by atoms with Crippen molar-refractivity contribution in [3.8, 4) is 17.2 Å². The van der Waals surface area contributed by atoms with Gasteiger partial charge < -0.3 is 19.3 Å². The Morgan fingerprint density at radius 2 is 1.67 bits per heavy atom. The molecule has 2 rings (SSSR count). The van der Waals surface area contributed by atoms with Crippen LogP contribution >= 0.6 is 0 Å². The van der Waals surface area contributed by atoms with Crippen LogP contribution in [0.3, 0.4) is 0 Å². The molecule has 0 aliphatic carbocycles. The van der Waals surface area contributed by atoms with Crippen LogP contribution < -0.4 is 14.2 Å². The fraction of sp³-hybridized carbons (Fsp3) is 0.188. The SMILES string of the molecule is COc1ccc(OCc2ccc(C(=O)O)c(OC)c2)cc1. The Kier molecular flexibility index (Phi) is 4.66. The molecule has 0 aliphatic rings. The minimum absolute atomic E-state index is 0.130. The number of benzene rings is 2. The number of methoxy groups -OCH3 is 2. The van der Waals surface area contributed by atoms with Crippen molar-refractivity contribution < 1.29 is 24.1 Å². The molecule has 0 atom stereocenters. The first kappa shape index (κ1) is 14.7. The van der Waals surface area contributed by atoms with E-state index in [0.717, 1.165) is 11.3 Å². The predicted octanol–water partition coefficient (Wildman–Crippen LogP) is 2.98. The number of aromatic carboxylic acids is 1. The minimum Gasteiger partial charge on any atom is -0.497 e. The number of hydrogen-bond donors (Lipinski definition) is 1. The molecule has 21 heavy (non-hydrogen) atoms. The van der Waals surface area contributed by atoms with Gasteiger partial charge in [0.1, 0.15) is 29.4 Å². The van der Waals surface area contributed by atoms with Gasteiger partial charge in [-0.1, -0.05) is 6.07 Å². The normalized spacial score (nSPS) is 10.0. The molecule has 0 radical (unpaired) electrons. The maximum Gasteiger partial charge on any atom is 0.339 e. The molecule has 0 bridgehead atoms. The molecule has 0 aromatic heterocycles. The molecule has 0 saturated heterocycles. The third-order valence-corrected chi connectivity index (χ3v) is 2.96. The van der Waals surface area contributed by atoms with Gasteiger partial charge >= 0.3 is 5.97 Å². The third kappa shape index (κ3) is 3.66. The van der Waals surface area contributed by atoms with Crippen LogP contribution in [0, 0.1) is 0 Å². The van der Waals surface area contributed by atoms with Crippen LogP contribution in [0.15, 0.2) is 42.5 Å². The lowest BCUT2D eigenvalue weighted by Crippen LogP contribution is -2.02. The molecule has 0 unspecified atom stereocenters. The fourth-order valence-corrected chi connectivity index (χ4v) is 1.84. The number of carboxylic acid groups (broad SMARTS) is 1. The van der Waals surface area contributed by atoms with Crippen molar-refractivity contribution in [1.29, 1.82) is 0 Å². The van der Waals surface area contributed by atoms with E-state index in [1.54, 1.807) is 19.2 Å². The Labute approximate surface area is 122 Å². The number of hydrogen-bond acceptors (Lipinski definition) is 4. The summed E-state index contributed by atoms with van der Waals surface area (Å²) in [7, 11) is 3.04. The van der Waals surface area contributed by atoms with Gasteiger partial charge in [-0.2, -0.15) is 0 Å². The Bertz CT molecular complexity index is 619. The van der Waals surface area contributed by atoms with Crippen LogP contribution in [0.2, 0.25) is 0 Å². The number of carboxylic acids is 1. The molecule has 0 fully saturated rings. The van der Waals surface area contributed by atoms with Gasteiger partial charge in [0.2, 0.25) is 0 Å². The predicted molar refractivity (Wildman–Crippen MR) is 77.3 cm³/mol. The van der Waals surface area contributed by atoms with Gasteiger partial charge in [0.15, 0.2) is 0 Å². The van der Waals surface area contributed by atoms with Crippen molar-refractivity contribution in [1.82, 2.24) is 0 Å². The van der Waals surface area contributed by atoms with Crippen molar-refractivity contribution in [2.24, 2.45) is 0 Å². The zero-order valence-corrected chi connectivity index (χ0v) is 11.8. The molecule has 2 aromatic carbocycles. The van der Waals surface area contributed by atoms with E-state index in [4.69, 9.17) is 19.3 Å². The molecular weight excluding hydrogens is 272 g/mol. The summed E-state index contributed by atoms with van der Waals surface area (Å²) in [5.74, 6) is 0.764. The van der Waals surface area contributed by atoms with E-state index in [0.29, 0.717) is 18.1 Å². The summed E-state index contributed by atoms with van der Waals surface area (Å²) in [5, 5.41) is 9.02. The van der Waals surface area contributed by atoms with Gasteiger partial charge in [0.25, 0.3) is 0 Å².